The van der Waals surface area contributed by atoms with Crippen LogP contribution in [0.2, 0.25) is 5.02 Å². The van der Waals surface area contributed by atoms with Crippen molar-refractivity contribution in [3.8, 4) is 0 Å². The van der Waals surface area contributed by atoms with Gasteiger partial charge in [-0.25, -0.2) is 12.9 Å². The number of hydrogen-bond acceptors (Lipinski definition) is 7. The largest absolute Gasteiger partial charge is 0.378 e. The summed E-state index contributed by atoms with van der Waals surface area (Å²) >= 11 is 10.1. The van der Waals surface area contributed by atoms with Crippen LogP contribution in [-0.4, -0.2) is 84.3 Å². The lowest BCUT2D eigenvalue weighted by molar-refractivity contribution is 0.221. The van der Waals surface area contributed by atoms with Crippen LogP contribution in [-0.2, 0) is 13.0 Å². The molecule has 0 saturated carbocycles. The normalized spacial score (nSPS) is 19.6. The molecule has 0 aromatic heterocycles. The van der Waals surface area contributed by atoms with Crippen molar-refractivity contribution in [1.82, 2.24) is 17.8 Å². The van der Waals surface area contributed by atoms with Gasteiger partial charge in [-0.1, -0.05) is 31.5 Å². The molecule has 2 aromatic carbocycles. The molecule has 0 unspecified atom stereocenters. The molecule has 0 atom stereocenters. The predicted octanol–water partition coefficient (Wildman–Crippen LogP) is 6.78. The van der Waals surface area contributed by atoms with Crippen molar-refractivity contribution in [3.63, 3.8) is 0 Å². The highest BCUT2D eigenvalue weighted by Crippen LogP contribution is 2.29. The molecule has 0 bridgehead atoms. The molecule has 2 heterocycles. The van der Waals surface area contributed by atoms with Crippen LogP contribution in [0.25, 0.3) is 0 Å². The van der Waals surface area contributed by atoms with E-state index in [1.54, 1.807) is 0 Å². The summed E-state index contributed by atoms with van der Waals surface area (Å²) in [7, 11) is 4.20. The first-order valence-corrected chi connectivity index (χ1v) is 16.1. The van der Waals surface area contributed by atoms with Gasteiger partial charge in [0.1, 0.15) is 0 Å². The highest BCUT2D eigenvalue weighted by atomic mass is 35.5. The second-order valence-corrected chi connectivity index (χ2v) is 14.0. The number of anilines is 1. The van der Waals surface area contributed by atoms with Crippen molar-refractivity contribution in [2.24, 2.45) is 5.92 Å². The number of fused-ring (bicyclic) bond motifs is 1. The van der Waals surface area contributed by atoms with Crippen LogP contribution < -0.4 is 4.90 Å². The van der Waals surface area contributed by atoms with Gasteiger partial charge in [0.25, 0.3) is 0 Å². The Balaban J connectivity index is 1.38. The van der Waals surface area contributed by atoms with Gasteiger partial charge < -0.3 is 9.80 Å². The number of nitrogens with zero attached hydrogens (tertiary/aromatic N) is 5. The van der Waals surface area contributed by atoms with Crippen molar-refractivity contribution < 1.29 is 0 Å². The standard InChI is InChI=1S/C30H46ClN5S2/c1-25(2)23-33-15-5-17-34(37-30-12-10-29(11-13-30)32(3)4)18-7-20-35(19-6-16-33)38-36-21-14-26-22-28(31)9-8-27(26)24-36/h8-13,22,25H,5-7,14-21,23-24H2,1-4H3. The Morgan fingerprint density at radius 3 is 2.11 bits per heavy atom. The van der Waals surface area contributed by atoms with Crippen LogP contribution in [0.5, 0.6) is 0 Å². The summed E-state index contributed by atoms with van der Waals surface area (Å²) in [6.07, 6.45) is 4.73. The molecule has 38 heavy (non-hydrogen) atoms. The van der Waals surface area contributed by atoms with E-state index in [2.05, 4.69) is 87.1 Å². The van der Waals surface area contributed by atoms with Gasteiger partial charge in [-0.05, 0) is 104 Å². The van der Waals surface area contributed by atoms with E-state index in [0.29, 0.717) is 5.92 Å². The number of rotatable bonds is 7. The van der Waals surface area contributed by atoms with Crippen molar-refractivity contribution in [2.75, 3.05) is 71.4 Å². The third kappa shape index (κ3) is 9.61. The van der Waals surface area contributed by atoms with Gasteiger partial charge in [0.05, 0.1) is 0 Å². The molecule has 2 aromatic rings. The maximum atomic E-state index is 6.24. The van der Waals surface area contributed by atoms with E-state index in [4.69, 9.17) is 11.6 Å². The molecule has 0 radical (unpaired) electrons. The van der Waals surface area contributed by atoms with Crippen LogP contribution in [0.3, 0.4) is 0 Å². The van der Waals surface area contributed by atoms with Gasteiger partial charge in [-0.3, -0.25) is 0 Å². The quantitative estimate of drug-likeness (QED) is 0.334. The first kappa shape index (κ1) is 30.0. The second kappa shape index (κ2) is 15.2. The molecular weight excluding hydrogens is 530 g/mol. The monoisotopic (exact) mass is 575 g/mol. The molecule has 2 aliphatic heterocycles. The second-order valence-electron chi connectivity index (χ2n) is 11.2. The number of benzene rings is 2. The molecule has 0 spiro atoms. The molecule has 2 aliphatic rings. The van der Waals surface area contributed by atoms with Gasteiger partial charge in [0.15, 0.2) is 0 Å². The SMILES string of the molecule is CC(C)CN1CCCN(Sc2ccc(N(C)C)cc2)CCCN(SN2CCc3cc(Cl)ccc3C2)CCC1. The maximum Gasteiger partial charge on any atom is 0.0408 e. The lowest BCUT2D eigenvalue weighted by Crippen LogP contribution is -2.36. The van der Waals surface area contributed by atoms with Crippen molar-refractivity contribution in [3.05, 3.63) is 58.6 Å². The van der Waals surface area contributed by atoms with Crippen molar-refractivity contribution >= 4 is 41.4 Å². The van der Waals surface area contributed by atoms with Crippen LogP contribution >= 0.6 is 35.7 Å². The Hall–Kier alpha value is -0.930. The zero-order chi connectivity index (χ0) is 26.9. The summed E-state index contributed by atoms with van der Waals surface area (Å²) in [4.78, 5) is 6.20. The van der Waals surface area contributed by atoms with Crippen LogP contribution in [0.1, 0.15) is 44.2 Å². The maximum absolute atomic E-state index is 6.24. The summed E-state index contributed by atoms with van der Waals surface area (Å²) in [5, 5.41) is 0.856. The predicted molar refractivity (Wildman–Crippen MR) is 168 cm³/mol. The third-order valence-corrected chi connectivity index (χ3v) is 9.65. The summed E-state index contributed by atoms with van der Waals surface area (Å²) in [5.41, 5.74) is 4.09. The Morgan fingerprint density at radius 1 is 0.789 bits per heavy atom. The van der Waals surface area contributed by atoms with Crippen LogP contribution in [0, 0.1) is 5.92 Å². The average Bonchev–Trinajstić information content (AvgIpc) is 2.87. The molecule has 5 nitrogen and oxygen atoms in total. The van der Waals surface area contributed by atoms with Crippen LogP contribution in [0.4, 0.5) is 5.69 Å². The van der Waals surface area contributed by atoms with E-state index in [9.17, 15) is 0 Å². The summed E-state index contributed by atoms with van der Waals surface area (Å²) < 4.78 is 7.78. The first-order chi connectivity index (χ1) is 18.4. The lowest BCUT2D eigenvalue weighted by Gasteiger charge is -2.34. The first-order valence-electron chi connectivity index (χ1n) is 14.2. The van der Waals surface area contributed by atoms with Crippen LogP contribution in [0.15, 0.2) is 47.4 Å². The summed E-state index contributed by atoms with van der Waals surface area (Å²) in [6, 6.07) is 15.4. The summed E-state index contributed by atoms with van der Waals surface area (Å²) in [6.45, 7) is 14.9. The minimum absolute atomic E-state index is 0.705. The molecule has 0 N–H and O–H groups in total. The molecule has 0 aliphatic carbocycles. The Morgan fingerprint density at radius 2 is 1.45 bits per heavy atom. The van der Waals surface area contributed by atoms with Gasteiger partial charge >= 0.3 is 0 Å². The summed E-state index contributed by atoms with van der Waals surface area (Å²) in [5.74, 6) is 0.705. The Bertz CT molecular complexity index is 987. The Labute approximate surface area is 245 Å². The molecule has 210 valence electrons. The fourth-order valence-electron chi connectivity index (χ4n) is 5.25. The zero-order valence-electron chi connectivity index (χ0n) is 23.7. The lowest BCUT2D eigenvalue weighted by atomic mass is 10.0. The van der Waals surface area contributed by atoms with Gasteiger partial charge in [0.2, 0.25) is 0 Å². The van der Waals surface area contributed by atoms with E-state index >= 15 is 0 Å². The molecule has 1 saturated heterocycles. The molecule has 0 amide bonds. The van der Waals surface area contributed by atoms with Gasteiger partial charge in [-0.2, -0.15) is 0 Å². The molecular formula is C30H46ClN5S2. The van der Waals surface area contributed by atoms with E-state index < -0.39 is 0 Å². The van der Waals surface area contributed by atoms with E-state index in [1.165, 1.54) is 60.6 Å². The smallest absolute Gasteiger partial charge is 0.0408 e. The van der Waals surface area contributed by atoms with Gasteiger partial charge in [0, 0.05) is 87.6 Å². The van der Waals surface area contributed by atoms with Crippen molar-refractivity contribution in [1.29, 1.82) is 0 Å². The van der Waals surface area contributed by atoms with E-state index in [1.807, 2.05) is 30.1 Å². The highest BCUT2D eigenvalue weighted by molar-refractivity contribution is 7.97. The fraction of sp³-hybridized carbons (Fsp3) is 0.600. The fourth-order valence-corrected chi connectivity index (χ4v) is 7.56. The highest BCUT2D eigenvalue weighted by Gasteiger charge is 2.21. The molecule has 8 heteroatoms. The molecule has 4 rings (SSSR count). The van der Waals surface area contributed by atoms with E-state index in [-0.39, 0.29) is 0 Å². The molecule has 1 fully saturated rings. The topological polar surface area (TPSA) is 16.2 Å². The van der Waals surface area contributed by atoms with E-state index in [0.717, 1.165) is 50.7 Å². The number of hydrogen-bond donors (Lipinski definition) is 0. The third-order valence-electron chi connectivity index (χ3n) is 7.17. The minimum Gasteiger partial charge on any atom is -0.378 e. The average molecular weight is 576 g/mol. The minimum atomic E-state index is 0.705. The van der Waals surface area contributed by atoms with Gasteiger partial charge in [-0.15, -0.1) is 0 Å². The van der Waals surface area contributed by atoms with Crippen molar-refractivity contribution in [2.45, 2.75) is 51.0 Å². The number of halogens is 1. The zero-order valence-corrected chi connectivity index (χ0v) is 26.1. The Kier molecular flexibility index (Phi) is 12.0.